The predicted molar refractivity (Wildman–Crippen MR) is 205 cm³/mol. The molecule has 0 bridgehead atoms. The lowest BCUT2D eigenvalue weighted by Crippen LogP contribution is -2.37. The molecule has 8 aromatic rings. The molecule has 0 spiro atoms. The smallest absolute Gasteiger partial charge is 0.268 e. The summed E-state index contributed by atoms with van der Waals surface area (Å²) in [4.78, 5) is 5.17. The van der Waals surface area contributed by atoms with Gasteiger partial charge in [-0.1, -0.05) is 139 Å². The molecule has 2 heterocycles. The molecular weight excluding hydrogens is 667 g/mol. The Morgan fingerprint density at radius 1 is 0.692 bits per heavy atom. The average molecular weight is 704 g/mol. The molecule has 2 aromatic heterocycles. The van der Waals surface area contributed by atoms with E-state index in [1.807, 2.05) is 129 Å². The highest BCUT2D eigenvalue weighted by Gasteiger charge is 2.39. The number of aromatic nitrogens is 3. The SMILES string of the molecule is Cc1ccc(S(=O)(=O)n2c3ccccc3c3ccc(C(OCCO)c4cn(C(c5ccccc5)(c5ccccc5)c5ccccc5)cn4)cc32)cc1. The monoisotopic (exact) mass is 703 g/mol. The number of aliphatic hydroxyl groups excluding tert-OH is 1. The van der Waals surface area contributed by atoms with Gasteiger partial charge in [-0.25, -0.2) is 17.4 Å². The maximum absolute atomic E-state index is 14.4. The van der Waals surface area contributed by atoms with Gasteiger partial charge in [0.1, 0.15) is 11.6 Å². The molecule has 0 aliphatic rings. The first-order valence-corrected chi connectivity index (χ1v) is 18.7. The summed E-state index contributed by atoms with van der Waals surface area (Å²) in [5.74, 6) is 0. The van der Waals surface area contributed by atoms with E-state index >= 15 is 0 Å². The first-order valence-electron chi connectivity index (χ1n) is 17.2. The molecule has 8 heteroatoms. The van der Waals surface area contributed by atoms with Crippen LogP contribution in [0.5, 0.6) is 0 Å². The zero-order valence-corrected chi connectivity index (χ0v) is 29.4. The summed E-state index contributed by atoms with van der Waals surface area (Å²) in [5.41, 5.74) is 5.79. The number of hydrogen-bond acceptors (Lipinski definition) is 5. The lowest BCUT2D eigenvalue weighted by atomic mass is 9.77. The van der Waals surface area contributed by atoms with Gasteiger partial charge in [-0.2, -0.15) is 0 Å². The van der Waals surface area contributed by atoms with Crippen molar-refractivity contribution in [3.05, 3.63) is 204 Å². The third-order valence-electron chi connectivity index (χ3n) is 9.72. The van der Waals surface area contributed by atoms with Crippen molar-refractivity contribution in [3.8, 4) is 0 Å². The van der Waals surface area contributed by atoms with E-state index in [0.717, 1.165) is 33.0 Å². The fourth-order valence-corrected chi connectivity index (χ4v) is 8.87. The van der Waals surface area contributed by atoms with Gasteiger partial charge in [0.2, 0.25) is 0 Å². The van der Waals surface area contributed by atoms with E-state index in [9.17, 15) is 13.5 Å². The van der Waals surface area contributed by atoms with Gasteiger partial charge in [0, 0.05) is 17.0 Å². The third kappa shape index (κ3) is 5.62. The van der Waals surface area contributed by atoms with E-state index in [0.29, 0.717) is 22.3 Å². The number of hydrogen-bond donors (Lipinski definition) is 1. The molecule has 0 aliphatic heterocycles. The fraction of sp³-hybridized carbons (Fsp3) is 0.114. The van der Waals surface area contributed by atoms with Gasteiger partial charge in [-0.15, -0.1) is 0 Å². The van der Waals surface area contributed by atoms with Gasteiger partial charge in [-0.05, 0) is 53.4 Å². The molecule has 52 heavy (non-hydrogen) atoms. The number of para-hydroxylation sites is 1. The highest BCUT2D eigenvalue weighted by molar-refractivity contribution is 7.90. The molecular formula is C44H37N3O4S. The topological polar surface area (TPSA) is 86.4 Å². The average Bonchev–Trinajstić information content (AvgIpc) is 3.80. The second-order valence-corrected chi connectivity index (χ2v) is 14.7. The van der Waals surface area contributed by atoms with E-state index < -0.39 is 21.7 Å². The number of fused-ring (bicyclic) bond motifs is 3. The van der Waals surface area contributed by atoms with Crippen molar-refractivity contribution in [2.24, 2.45) is 0 Å². The Hall–Kier alpha value is -5.80. The van der Waals surface area contributed by atoms with Gasteiger partial charge in [-0.3, -0.25) is 0 Å². The van der Waals surface area contributed by atoms with Crippen LogP contribution in [0.15, 0.2) is 175 Å². The minimum atomic E-state index is -3.98. The summed E-state index contributed by atoms with van der Waals surface area (Å²) in [6.45, 7) is 1.80. The van der Waals surface area contributed by atoms with Crippen LogP contribution >= 0.6 is 0 Å². The van der Waals surface area contributed by atoms with E-state index in [-0.39, 0.29) is 18.1 Å². The molecule has 1 unspecified atom stereocenters. The highest BCUT2D eigenvalue weighted by Crippen LogP contribution is 2.42. The van der Waals surface area contributed by atoms with Crippen molar-refractivity contribution in [2.45, 2.75) is 23.5 Å². The van der Waals surface area contributed by atoms with Crippen molar-refractivity contribution >= 4 is 31.8 Å². The molecule has 1 N–H and O–H groups in total. The van der Waals surface area contributed by atoms with Crippen LogP contribution in [0.1, 0.15) is 39.6 Å². The minimum absolute atomic E-state index is 0.0570. The quantitative estimate of drug-likeness (QED) is 0.137. The molecule has 0 saturated carbocycles. The van der Waals surface area contributed by atoms with Gasteiger partial charge >= 0.3 is 0 Å². The van der Waals surface area contributed by atoms with Gasteiger partial charge in [0.15, 0.2) is 0 Å². The third-order valence-corrected chi connectivity index (χ3v) is 11.5. The normalized spacial score (nSPS) is 12.7. The number of benzene rings is 6. The Balaban J connectivity index is 1.33. The lowest BCUT2D eigenvalue weighted by molar-refractivity contribution is 0.0481. The van der Waals surface area contributed by atoms with Crippen LogP contribution in [-0.4, -0.2) is 40.3 Å². The fourth-order valence-electron chi connectivity index (χ4n) is 7.36. The Bertz CT molecular complexity index is 2490. The standard InChI is InChI=1S/C44H37N3O4S/c1-32-21-24-37(25-22-32)52(49,50)47-41-20-12-11-19-38(41)39-26-23-33(29-42(39)47)43(51-28-27-48)40-30-46(31-45-40)44(34-13-5-2-6-14-34,35-15-7-3-8-16-35)36-17-9-4-10-18-36/h2-26,29-31,43,48H,27-28H2,1H3. The summed E-state index contributed by atoms with van der Waals surface area (Å²) >= 11 is 0. The molecule has 0 saturated heterocycles. The molecule has 7 nitrogen and oxygen atoms in total. The minimum Gasteiger partial charge on any atom is -0.394 e. The Labute approximate surface area is 303 Å². The number of imidazole rings is 1. The maximum Gasteiger partial charge on any atom is 0.268 e. The van der Waals surface area contributed by atoms with Crippen molar-refractivity contribution in [1.29, 1.82) is 0 Å². The maximum atomic E-state index is 14.4. The van der Waals surface area contributed by atoms with Crippen LogP contribution in [0.3, 0.4) is 0 Å². The molecule has 6 aromatic carbocycles. The van der Waals surface area contributed by atoms with Crippen LogP contribution in [0.25, 0.3) is 21.8 Å². The van der Waals surface area contributed by atoms with Crippen LogP contribution in [0.4, 0.5) is 0 Å². The number of aryl methyl sites for hydroxylation is 1. The Morgan fingerprint density at radius 2 is 1.25 bits per heavy atom. The number of ether oxygens (including phenoxy) is 1. The number of nitrogens with zero attached hydrogens (tertiary/aromatic N) is 3. The van der Waals surface area contributed by atoms with Crippen molar-refractivity contribution in [2.75, 3.05) is 13.2 Å². The molecule has 1 atom stereocenters. The van der Waals surface area contributed by atoms with E-state index in [1.54, 1.807) is 12.1 Å². The largest absolute Gasteiger partial charge is 0.394 e. The summed E-state index contributed by atoms with van der Waals surface area (Å²) < 4.78 is 38.6. The molecule has 258 valence electrons. The van der Waals surface area contributed by atoms with Crippen LogP contribution < -0.4 is 0 Å². The molecule has 0 radical (unpaired) electrons. The summed E-state index contributed by atoms with van der Waals surface area (Å²) in [6.07, 6.45) is 3.11. The molecule has 8 rings (SSSR count). The second kappa shape index (κ2) is 13.7. The van der Waals surface area contributed by atoms with E-state index in [2.05, 4.69) is 41.0 Å². The molecule has 0 aliphatic carbocycles. The van der Waals surface area contributed by atoms with Crippen LogP contribution in [0, 0.1) is 6.92 Å². The first-order chi connectivity index (χ1) is 25.4. The van der Waals surface area contributed by atoms with Gasteiger partial charge in [0.25, 0.3) is 10.0 Å². The van der Waals surface area contributed by atoms with Crippen LogP contribution in [0.2, 0.25) is 0 Å². The molecule has 0 amide bonds. The summed E-state index contributed by atoms with van der Waals surface area (Å²) in [6, 6.07) is 51.3. The predicted octanol–water partition coefficient (Wildman–Crippen LogP) is 8.47. The van der Waals surface area contributed by atoms with E-state index in [4.69, 9.17) is 9.72 Å². The van der Waals surface area contributed by atoms with Crippen molar-refractivity contribution in [3.63, 3.8) is 0 Å². The molecule has 0 fully saturated rings. The highest BCUT2D eigenvalue weighted by atomic mass is 32.2. The number of aliphatic hydroxyl groups is 1. The van der Waals surface area contributed by atoms with Crippen molar-refractivity contribution in [1.82, 2.24) is 13.5 Å². The first kappa shape index (κ1) is 33.3. The van der Waals surface area contributed by atoms with Crippen molar-refractivity contribution < 1.29 is 18.3 Å². The Morgan fingerprint density at radius 3 is 1.85 bits per heavy atom. The summed E-state index contributed by atoms with van der Waals surface area (Å²) in [5, 5.41) is 11.6. The zero-order chi connectivity index (χ0) is 35.7. The van der Waals surface area contributed by atoms with Crippen LogP contribution in [-0.2, 0) is 20.3 Å². The zero-order valence-electron chi connectivity index (χ0n) is 28.6. The van der Waals surface area contributed by atoms with E-state index in [1.165, 1.54) is 3.97 Å². The number of rotatable bonds is 11. The van der Waals surface area contributed by atoms with Gasteiger partial charge < -0.3 is 14.4 Å². The summed E-state index contributed by atoms with van der Waals surface area (Å²) in [7, 11) is -3.98. The lowest BCUT2D eigenvalue weighted by Gasteiger charge is -2.37. The van der Waals surface area contributed by atoms with Gasteiger partial charge in [0.05, 0.1) is 41.2 Å². The Kier molecular flexibility index (Phi) is 8.80. The second-order valence-electron chi connectivity index (χ2n) is 12.9.